The third-order valence-corrected chi connectivity index (χ3v) is 13.7. The van der Waals surface area contributed by atoms with E-state index in [0.29, 0.717) is 10.3 Å². The fourth-order valence-corrected chi connectivity index (χ4v) is 12.3. The maximum Gasteiger partial charge on any atom is 3.00 e. The van der Waals surface area contributed by atoms with Crippen molar-refractivity contribution in [2.45, 2.75) is 75.5 Å². The van der Waals surface area contributed by atoms with Crippen LogP contribution in [0.4, 0.5) is 0 Å². The van der Waals surface area contributed by atoms with Gasteiger partial charge in [-0.25, -0.2) is 0 Å². The second-order valence-electron chi connectivity index (χ2n) is 9.88. The van der Waals surface area contributed by atoms with Gasteiger partial charge in [0.15, 0.2) is 0 Å². The molecule has 2 heterocycles. The van der Waals surface area contributed by atoms with Gasteiger partial charge in [-0.05, 0) is 44.9 Å². The maximum atomic E-state index is 2.48. The molecule has 0 amide bonds. The zero-order valence-electron chi connectivity index (χ0n) is 17.4. The monoisotopic (exact) mass is 484 g/mol. The summed E-state index contributed by atoms with van der Waals surface area (Å²) in [6.45, 7) is 14.9. The molecule has 2 aromatic carbocycles. The molecule has 3 heteroatoms. The van der Waals surface area contributed by atoms with Gasteiger partial charge in [-0.2, -0.15) is 0 Å². The zero-order chi connectivity index (χ0) is 18.7. The smallest absolute Gasteiger partial charge is 0.0880 e. The summed E-state index contributed by atoms with van der Waals surface area (Å²) in [6, 6.07) is 18.7. The van der Waals surface area contributed by atoms with Crippen LogP contribution < -0.4 is 0 Å². The predicted molar refractivity (Wildman–Crippen MR) is 119 cm³/mol. The quantitative estimate of drug-likeness (QED) is 0.284. The Balaban J connectivity index is 0.00000210. The minimum atomic E-state index is -0.0695. The van der Waals surface area contributed by atoms with Crippen molar-refractivity contribution in [3.63, 3.8) is 0 Å². The van der Waals surface area contributed by atoms with E-state index in [2.05, 4.69) is 90.1 Å². The Labute approximate surface area is 181 Å². The minimum Gasteiger partial charge on any atom is -0.0880 e. The molecular weight excluding hydrogens is 451 g/mol. The van der Waals surface area contributed by atoms with E-state index in [-0.39, 0.29) is 35.3 Å². The van der Waals surface area contributed by atoms with Gasteiger partial charge in [0.2, 0.25) is 0 Å². The number of fused-ring (bicyclic) bond motifs is 2. The molecule has 0 aliphatic carbocycles. The van der Waals surface area contributed by atoms with E-state index in [0.717, 1.165) is 11.3 Å². The van der Waals surface area contributed by atoms with Crippen LogP contribution in [0.25, 0.3) is 0 Å². The molecule has 0 fully saturated rings. The van der Waals surface area contributed by atoms with Crippen LogP contribution in [0.2, 0.25) is 0 Å². The Kier molecular flexibility index (Phi) is 6.12. The van der Waals surface area contributed by atoms with Crippen LogP contribution in [0.15, 0.2) is 48.5 Å². The molecule has 0 nitrogen and oxygen atoms in total. The number of hydrogen-bond donors (Lipinski definition) is 0. The average Bonchev–Trinajstić information content (AvgIpc) is 3.12. The van der Waals surface area contributed by atoms with E-state index in [4.69, 9.17) is 0 Å². The van der Waals surface area contributed by atoms with Gasteiger partial charge in [0.05, 0.1) is 0 Å². The maximum absolute atomic E-state index is 2.48. The molecule has 2 aliphatic rings. The molecule has 27 heavy (non-hydrogen) atoms. The van der Waals surface area contributed by atoms with Gasteiger partial charge in [-0.1, -0.05) is 106 Å². The molecule has 4 unspecified atom stereocenters. The van der Waals surface area contributed by atoms with Crippen molar-refractivity contribution in [2.24, 2.45) is 0 Å². The topological polar surface area (TPSA) is 0 Å². The van der Waals surface area contributed by atoms with E-state index in [9.17, 15) is 0 Å². The fraction of sp³-hybridized carbons (Fsp3) is 0.500. The molecule has 143 valence electrons. The predicted octanol–water partition coefficient (Wildman–Crippen LogP) is 8.05. The minimum absolute atomic E-state index is 0. The van der Waals surface area contributed by atoms with Crippen molar-refractivity contribution in [2.75, 3.05) is 0 Å². The molecule has 1 radical (unpaired) electrons. The van der Waals surface area contributed by atoms with E-state index in [1.165, 1.54) is 12.3 Å². The van der Waals surface area contributed by atoms with Crippen molar-refractivity contribution in [1.82, 2.24) is 0 Å². The Hall–Kier alpha value is -0.0766. The first kappa shape index (κ1) is 21.6. The van der Waals surface area contributed by atoms with E-state index >= 15 is 0 Å². The van der Waals surface area contributed by atoms with E-state index in [1.807, 2.05) is 0 Å². The van der Waals surface area contributed by atoms with Crippen LogP contribution in [0.3, 0.4) is 0 Å². The normalized spacial score (nSPS) is 27.0. The summed E-state index contributed by atoms with van der Waals surface area (Å²) in [5, 5.41) is 0.797. The Morgan fingerprint density at radius 3 is 1.30 bits per heavy atom. The first-order valence-electron chi connectivity index (χ1n) is 9.87. The van der Waals surface area contributed by atoms with Gasteiger partial charge >= 0.3 is 19.5 Å². The number of rotatable bonds is 1. The van der Waals surface area contributed by atoms with Crippen molar-refractivity contribution in [3.8, 4) is 0 Å². The van der Waals surface area contributed by atoms with Gasteiger partial charge in [-0.15, -0.1) is 0 Å². The molecule has 0 spiro atoms. The summed E-state index contributed by atoms with van der Waals surface area (Å²) in [5.74, 6) is 0. The van der Waals surface area contributed by atoms with Crippen LogP contribution in [0, 0.1) is 0 Å². The third kappa shape index (κ3) is 3.87. The Morgan fingerprint density at radius 2 is 0.963 bits per heavy atom. The first-order valence-corrected chi connectivity index (χ1v) is 13.1. The zero-order valence-corrected chi connectivity index (χ0v) is 21.0. The number of benzene rings is 2. The van der Waals surface area contributed by atoms with Gasteiger partial charge < -0.3 is 0 Å². The van der Waals surface area contributed by atoms with Gasteiger partial charge in [-0.3, -0.25) is 0 Å². The van der Waals surface area contributed by atoms with Crippen LogP contribution >= 0.6 is 15.8 Å². The Bertz CT molecular complexity index is 746. The molecule has 0 saturated carbocycles. The van der Waals surface area contributed by atoms with E-state index < -0.39 is 0 Å². The molecule has 2 aromatic rings. The van der Waals surface area contributed by atoms with Gasteiger partial charge in [0, 0.05) is 11.3 Å². The molecule has 0 saturated heterocycles. The first-order chi connectivity index (χ1) is 12.2. The summed E-state index contributed by atoms with van der Waals surface area (Å²) < 4.78 is 0. The van der Waals surface area contributed by atoms with Crippen molar-refractivity contribution in [1.29, 1.82) is 0 Å². The van der Waals surface area contributed by atoms with Crippen LogP contribution in [-0.4, -0.2) is 10.3 Å². The molecule has 4 atom stereocenters. The second-order valence-corrected chi connectivity index (χ2v) is 16.2. The summed E-state index contributed by atoms with van der Waals surface area (Å²) >= 11 is 0. The molecule has 4 rings (SSSR count). The summed E-state index contributed by atoms with van der Waals surface area (Å²) in [5.41, 5.74) is 8.07. The van der Waals surface area contributed by atoms with E-state index in [1.54, 1.807) is 22.3 Å². The summed E-state index contributed by atoms with van der Waals surface area (Å²) in [6.07, 6.45) is 2.62. The van der Waals surface area contributed by atoms with Gasteiger partial charge in [0.1, 0.15) is 0 Å². The average molecular weight is 484 g/mol. The van der Waals surface area contributed by atoms with Crippen LogP contribution in [0.1, 0.15) is 75.1 Å². The molecule has 0 N–H and O–H groups in total. The third-order valence-electron chi connectivity index (χ3n) is 6.12. The van der Waals surface area contributed by atoms with Crippen LogP contribution in [-0.2, 0) is 31.8 Å². The second kappa shape index (κ2) is 7.64. The van der Waals surface area contributed by atoms with Crippen molar-refractivity contribution < 1.29 is 19.5 Å². The largest absolute Gasteiger partial charge is 3.00 e. The fourth-order valence-electron chi connectivity index (χ4n) is 4.82. The SMILES string of the molecule is CC(C)(C)P1Cc2ccccc2C1C1c2ccccc2CP1C(C)(C)C.[Ru+3]. The summed E-state index contributed by atoms with van der Waals surface area (Å²) in [4.78, 5) is 0. The summed E-state index contributed by atoms with van der Waals surface area (Å²) in [7, 11) is -0.139. The van der Waals surface area contributed by atoms with Crippen LogP contribution in [0.5, 0.6) is 0 Å². The van der Waals surface area contributed by atoms with Gasteiger partial charge in [0.25, 0.3) is 0 Å². The molecule has 0 bridgehead atoms. The van der Waals surface area contributed by atoms with Crippen molar-refractivity contribution in [3.05, 3.63) is 70.8 Å². The molecular formula is C24H32P2Ru+3. The standard InChI is InChI=1S/C24H32P2.Ru/c1-23(2,3)25-15-17-11-7-9-13-19(17)21(25)22-20-14-10-8-12-18(20)16-26(22)24(4,5)6;/h7-14,21-22H,15-16H2,1-6H3;/q;+3. The van der Waals surface area contributed by atoms with Crippen molar-refractivity contribution >= 4 is 15.8 Å². The number of hydrogen-bond acceptors (Lipinski definition) is 0. The molecule has 0 aromatic heterocycles. The Morgan fingerprint density at radius 1 is 0.630 bits per heavy atom. The molecule has 2 aliphatic heterocycles.